The van der Waals surface area contributed by atoms with E-state index in [1.54, 1.807) is 48.9 Å². The number of nitro groups is 1. The van der Waals surface area contributed by atoms with E-state index in [1.807, 2.05) is 34.9 Å². The predicted molar refractivity (Wildman–Crippen MR) is 111 cm³/mol. The summed E-state index contributed by atoms with van der Waals surface area (Å²) in [4.78, 5) is 20.0. The van der Waals surface area contributed by atoms with Gasteiger partial charge < -0.3 is 8.83 Å². The Labute approximate surface area is 169 Å². The maximum Gasteiger partial charge on any atom is 0.280 e. The zero-order valence-corrected chi connectivity index (χ0v) is 15.5. The van der Waals surface area contributed by atoms with Crippen LogP contribution < -0.4 is 0 Å². The summed E-state index contributed by atoms with van der Waals surface area (Å²) in [7, 11) is 0. The number of hydrogen-bond acceptors (Lipinski definition) is 6. The molecule has 146 valence electrons. The molecular weight excluding hydrogens is 384 g/mol. The molecule has 1 aromatic carbocycles. The lowest BCUT2D eigenvalue weighted by atomic mass is 10.1. The third kappa shape index (κ3) is 3.06. The third-order valence-corrected chi connectivity index (χ3v) is 4.57. The van der Waals surface area contributed by atoms with E-state index in [0.29, 0.717) is 34.4 Å². The Morgan fingerprint density at radius 2 is 1.87 bits per heavy atom. The van der Waals surface area contributed by atoms with Gasteiger partial charge in [-0.3, -0.25) is 14.5 Å². The van der Waals surface area contributed by atoms with E-state index < -0.39 is 4.92 Å². The average molecular weight is 398 g/mol. The van der Waals surface area contributed by atoms with Crippen LogP contribution in [0.2, 0.25) is 0 Å². The molecule has 8 heteroatoms. The second kappa shape index (κ2) is 7.17. The standard InChI is InChI=1S/C22H14N4O4/c27-26(28)17-7-2-1-6-16(17)18-11-10-15(30-18)14-23-22-21(19-8-5-13-29-19)24-20-9-3-4-12-25(20)22/h1-14H. The summed E-state index contributed by atoms with van der Waals surface area (Å²) >= 11 is 0. The van der Waals surface area contributed by atoms with E-state index >= 15 is 0 Å². The van der Waals surface area contributed by atoms with Crippen molar-refractivity contribution in [3.8, 4) is 22.8 Å². The highest BCUT2D eigenvalue weighted by Crippen LogP contribution is 2.32. The molecule has 0 saturated heterocycles. The zero-order valence-electron chi connectivity index (χ0n) is 15.5. The Kier molecular flexibility index (Phi) is 4.21. The molecule has 0 bridgehead atoms. The lowest BCUT2D eigenvalue weighted by Gasteiger charge is -1.99. The monoisotopic (exact) mass is 398 g/mol. The number of furan rings is 2. The van der Waals surface area contributed by atoms with Gasteiger partial charge in [0.1, 0.15) is 17.2 Å². The lowest BCUT2D eigenvalue weighted by Crippen LogP contribution is -1.90. The molecule has 4 heterocycles. The Morgan fingerprint density at radius 3 is 2.70 bits per heavy atom. The van der Waals surface area contributed by atoms with E-state index in [1.165, 1.54) is 6.07 Å². The molecule has 0 radical (unpaired) electrons. The second-order valence-corrected chi connectivity index (χ2v) is 6.42. The number of hydrogen-bond donors (Lipinski definition) is 0. The number of nitrogens with zero attached hydrogens (tertiary/aromatic N) is 4. The number of nitro benzene ring substituents is 1. The van der Waals surface area contributed by atoms with E-state index in [-0.39, 0.29) is 5.69 Å². The molecule has 0 spiro atoms. The normalized spacial score (nSPS) is 11.5. The summed E-state index contributed by atoms with van der Waals surface area (Å²) in [6.45, 7) is 0. The van der Waals surface area contributed by atoms with Gasteiger partial charge in [0.2, 0.25) is 0 Å². The summed E-state index contributed by atoms with van der Waals surface area (Å²) in [6.07, 6.45) is 5.00. The average Bonchev–Trinajstić information content (AvgIpc) is 3.51. The van der Waals surface area contributed by atoms with Crippen molar-refractivity contribution in [2.45, 2.75) is 0 Å². The maximum atomic E-state index is 11.3. The molecule has 0 aliphatic carbocycles. The van der Waals surface area contributed by atoms with Crippen molar-refractivity contribution in [1.29, 1.82) is 0 Å². The van der Waals surface area contributed by atoms with Crippen molar-refractivity contribution in [2.24, 2.45) is 4.99 Å². The molecule has 4 aromatic heterocycles. The fourth-order valence-electron chi connectivity index (χ4n) is 3.22. The van der Waals surface area contributed by atoms with Crippen LogP contribution in [0.25, 0.3) is 28.4 Å². The highest BCUT2D eigenvalue weighted by Gasteiger charge is 2.18. The highest BCUT2D eigenvalue weighted by atomic mass is 16.6. The van der Waals surface area contributed by atoms with E-state index in [0.717, 1.165) is 5.65 Å². The van der Waals surface area contributed by atoms with Gasteiger partial charge in [0.15, 0.2) is 17.3 Å². The molecular formula is C22H14N4O4. The minimum Gasteiger partial charge on any atom is -0.463 e. The van der Waals surface area contributed by atoms with Crippen LogP contribution in [0, 0.1) is 10.1 Å². The Hall–Kier alpha value is -4.46. The number of benzene rings is 1. The molecule has 0 fully saturated rings. The van der Waals surface area contributed by atoms with Crippen LogP contribution in [0.5, 0.6) is 0 Å². The first-order valence-electron chi connectivity index (χ1n) is 9.09. The summed E-state index contributed by atoms with van der Waals surface area (Å²) < 4.78 is 13.1. The predicted octanol–water partition coefficient (Wildman–Crippen LogP) is 5.51. The Morgan fingerprint density at radius 1 is 1.00 bits per heavy atom. The van der Waals surface area contributed by atoms with Gasteiger partial charge in [-0.05, 0) is 42.5 Å². The van der Waals surface area contributed by atoms with Crippen molar-refractivity contribution < 1.29 is 13.8 Å². The molecule has 8 nitrogen and oxygen atoms in total. The fraction of sp³-hybridized carbons (Fsp3) is 0. The molecule has 0 N–H and O–H groups in total. The van der Waals surface area contributed by atoms with Gasteiger partial charge in [0.25, 0.3) is 5.69 Å². The number of rotatable bonds is 5. The SMILES string of the molecule is O=[N+]([O-])c1ccccc1-c1ccc(C=Nc2c(-c3ccco3)nc3ccccn23)o1. The van der Waals surface area contributed by atoms with Gasteiger partial charge in [-0.1, -0.05) is 18.2 Å². The van der Waals surface area contributed by atoms with Crippen LogP contribution in [0.1, 0.15) is 5.76 Å². The first-order chi connectivity index (χ1) is 14.7. The van der Waals surface area contributed by atoms with Crippen LogP contribution >= 0.6 is 0 Å². The van der Waals surface area contributed by atoms with Crippen molar-refractivity contribution >= 4 is 23.4 Å². The summed E-state index contributed by atoms with van der Waals surface area (Å²) in [5, 5.41) is 11.3. The minimum atomic E-state index is -0.431. The number of pyridine rings is 1. The summed E-state index contributed by atoms with van der Waals surface area (Å²) in [5.41, 5.74) is 1.73. The van der Waals surface area contributed by atoms with Crippen LogP contribution in [0.3, 0.4) is 0 Å². The fourth-order valence-corrected chi connectivity index (χ4v) is 3.22. The van der Waals surface area contributed by atoms with Gasteiger partial charge in [0.05, 0.1) is 23.0 Å². The molecule has 0 atom stereocenters. The van der Waals surface area contributed by atoms with Crippen molar-refractivity contribution in [3.63, 3.8) is 0 Å². The van der Waals surface area contributed by atoms with Gasteiger partial charge >= 0.3 is 0 Å². The van der Waals surface area contributed by atoms with E-state index in [4.69, 9.17) is 8.83 Å². The third-order valence-electron chi connectivity index (χ3n) is 4.57. The first-order valence-corrected chi connectivity index (χ1v) is 9.09. The molecule has 0 saturated carbocycles. The first kappa shape index (κ1) is 17.6. The van der Waals surface area contributed by atoms with Crippen molar-refractivity contribution in [2.75, 3.05) is 0 Å². The van der Waals surface area contributed by atoms with Gasteiger partial charge in [-0.2, -0.15) is 0 Å². The van der Waals surface area contributed by atoms with Crippen LogP contribution in [-0.2, 0) is 0 Å². The van der Waals surface area contributed by atoms with Crippen LogP contribution in [0.15, 0.2) is 93.0 Å². The van der Waals surface area contributed by atoms with Crippen molar-refractivity contribution in [1.82, 2.24) is 9.38 Å². The topological polar surface area (TPSA) is 99.1 Å². The van der Waals surface area contributed by atoms with Gasteiger partial charge in [-0.15, -0.1) is 0 Å². The molecule has 5 rings (SSSR count). The smallest absolute Gasteiger partial charge is 0.280 e. The largest absolute Gasteiger partial charge is 0.463 e. The number of aliphatic imine (C=N–C) groups is 1. The second-order valence-electron chi connectivity index (χ2n) is 6.42. The number of imidazole rings is 1. The number of fused-ring (bicyclic) bond motifs is 1. The molecule has 30 heavy (non-hydrogen) atoms. The number of para-hydroxylation sites is 1. The Balaban J connectivity index is 1.54. The minimum absolute atomic E-state index is 0.0165. The van der Waals surface area contributed by atoms with Crippen LogP contribution in [0.4, 0.5) is 11.5 Å². The molecule has 0 aliphatic heterocycles. The number of aromatic nitrogens is 2. The maximum absolute atomic E-state index is 11.3. The lowest BCUT2D eigenvalue weighted by molar-refractivity contribution is -0.384. The molecule has 0 unspecified atom stereocenters. The van der Waals surface area contributed by atoms with Crippen LogP contribution in [-0.4, -0.2) is 20.5 Å². The van der Waals surface area contributed by atoms with Crippen molar-refractivity contribution in [3.05, 3.63) is 95.1 Å². The van der Waals surface area contributed by atoms with Gasteiger partial charge in [0, 0.05) is 12.3 Å². The Bertz CT molecular complexity index is 1380. The quantitative estimate of drug-likeness (QED) is 0.221. The highest BCUT2D eigenvalue weighted by molar-refractivity contribution is 5.83. The zero-order chi connectivity index (χ0) is 20.5. The van der Waals surface area contributed by atoms with Gasteiger partial charge in [-0.25, -0.2) is 9.98 Å². The molecule has 0 aliphatic rings. The molecule has 5 aromatic rings. The summed E-state index contributed by atoms with van der Waals surface area (Å²) in [5.74, 6) is 2.04. The van der Waals surface area contributed by atoms with E-state index in [9.17, 15) is 10.1 Å². The summed E-state index contributed by atoms with van der Waals surface area (Å²) in [6, 6.07) is 19.1. The van der Waals surface area contributed by atoms with E-state index in [2.05, 4.69) is 9.98 Å². The molecule has 0 amide bonds.